The van der Waals surface area contributed by atoms with Crippen molar-refractivity contribution in [2.75, 3.05) is 17.6 Å². The molecule has 5 nitrogen and oxygen atoms in total. The fourth-order valence-electron chi connectivity index (χ4n) is 1.84. The van der Waals surface area contributed by atoms with Crippen LogP contribution < -0.4 is 16.2 Å². The molecule has 0 spiro atoms. The van der Waals surface area contributed by atoms with Crippen LogP contribution in [0.4, 0.5) is 11.4 Å². The Kier molecular flexibility index (Phi) is 3.01. The first-order valence-corrected chi connectivity index (χ1v) is 7.09. The highest BCUT2D eigenvalue weighted by Gasteiger charge is 2.32. The Hall–Kier alpha value is -1.27. The number of nitrogens with one attached hydrogen (secondary N) is 1. The van der Waals surface area contributed by atoms with E-state index < -0.39 is 10.0 Å². The van der Waals surface area contributed by atoms with Gasteiger partial charge < -0.3 is 11.1 Å². The van der Waals surface area contributed by atoms with Gasteiger partial charge in [0.05, 0.1) is 5.69 Å². The van der Waals surface area contributed by atoms with Crippen molar-refractivity contribution in [1.29, 1.82) is 0 Å². The number of benzene rings is 1. The predicted molar refractivity (Wildman–Crippen MR) is 68.0 cm³/mol. The fraction of sp³-hybridized carbons (Fsp3) is 0.455. The summed E-state index contributed by atoms with van der Waals surface area (Å²) < 4.78 is 22.8. The SMILES string of the molecule is CC1CC1CNc1ccc(N)cc1S(N)(=O)=O. The Morgan fingerprint density at radius 1 is 1.47 bits per heavy atom. The second kappa shape index (κ2) is 4.19. The van der Waals surface area contributed by atoms with E-state index in [0.29, 0.717) is 23.2 Å². The molecule has 0 radical (unpaired) electrons. The minimum atomic E-state index is -3.74. The van der Waals surface area contributed by atoms with E-state index in [9.17, 15) is 8.42 Å². The highest BCUT2D eigenvalue weighted by atomic mass is 32.2. The van der Waals surface area contributed by atoms with Crippen LogP contribution in [0.15, 0.2) is 23.1 Å². The summed E-state index contributed by atoms with van der Waals surface area (Å²) >= 11 is 0. The van der Waals surface area contributed by atoms with Gasteiger partial charge in [0.15, 0.2) is 0 Å². The molecular formula is C11H17N3O2S. The summed E-state index contributed by atoms with van der Waals surface area (Å²) in [5.74, 6) is 1.34. The summed E-state index contributed by atoms with van der Waals surface area (Å²) in [6, 6.07) is 4.70. The lowest BCUT2D eigenvalue weighted by atomic mass is 10.2. The quantitative estimate of drug-likeness (QED) is 0.698. The third-order valence-corrected chi connectivity index (χ3v) is 4.09. The molecule has 0 heterocycles. The molecule has 1 saturated carbocycles. The van der Waals surface area contributed by atoms with Crippen molar-refractivity contribution in [1.82, 2.24) is 0 Å². The van der Waals surface area contributed by atoms with Crippen molar-refractivity contribution in [2.45, 2.75) is 18.2 Å². The molecule has 17 heavy (non-hydrogen) atoms. The molecule has 0 aliphatic heterocycles. The van der Waals surface area contributed by atoms with Gasteiger partial charge in [-0.05, 0) is 36.5 Å². The number of hydrogen-bond donors (Lipinski definition) is 3. The number of rotatable bonds is 4. The molecule has 0 bridgehead atoms. The van der Waals surface area contributed by atoms with Gasteiger partial charge in [-0.1, -0.05) is 6.92 Å². The van der Waals surface area contributed by atoms with Crippen LogP contribution in [0, 0.1) is 11.8 Å². The van der Waals surface area contributed by atoms with Gasteiger partial charge in [-0.3, -0.25) is 0 Å². The first kappa shape index (κ1) is 12.2. The Balaban J connectivity index is 2.20. The van der Waals surface area contributed by atoms with Crippen LogP contribution in [0.25, 0.3) is 0 Å². The summed E-state index contributed by atoms with van der Waals surface area (Å²) in [4.78, 5) is 0.0609. The number of hydrogen-bond acceptors (Lipinski definition) is 4. The van der Waals surface area contributed by atoms with Gasteiger partial charge in [0.25, 0.3) is 0 Å². The number of primary sulfonamides is 1. The molecule has 0 aromatic heterocycles. The van der Waals surface area contributed by atoms with Crippen LogP contribution in [0.3, 0.4) is 0 Å². The Labute approximate surface area is 101 Å². The lowest BCUT2D eigenvalue weighted by Crippen LogP contribution is -2.16. The molecule has 0 amide bonds. The highest BCUT2D eigenvalue weighted by molar-refractivity contribution is 7.89. The summed E-state index contributed by atoms with van der Waals surface area (Å²) in [5.41, 5.74) is 6.48. The minimum absolute atomic E-state index is 0.0609. The van der Waals surface area contributed by atoms with E-state index in [1.165, 1.54) is 12.5 Å². The normalized spacial score (nSPS) is 23.4. The number of sulfonamides is 1. The van der Waals surface area contributed by atoms with Gasteiger partial charge in [0.2, 0.25) is 10.0 Å². The monoisotopic (exact) mass is 255 g/mol. The maximum absolute atomic E-state index is 11.4. The molecule has 2 atom stereocenters. The van der Waals surface area contributed by atoms with Gasteiger partial charge >= 0.3 is 0 Å². The average molecular weight is 255 g/mol. The largest absolute Gasteiger partial charge is 0.399 e. The first-order valence-electron chi connectivity index (χ1n) is 5.54. The van der Waals surface area contributed by atoms with E-state index in [0.717, 1.165) is 6.54 Å². The van der Waals surface area contributed by atoms with Crippen LogP contribution >= 0.6 is 0 Å². The Morgan fingerprint density at radius 3 is 2.65 bits per heavy atom. The second-order valence-electron chi connectivity index (χ2n) is 4.65. The molecule has 6 heteroatoms. The molecule has 2 rings (SSSR count). The first-order chi connectivity index (χ1) is 7.88. The summed E-state index contributed by atoms with van der Waals surface area (Å²) in [6.07, 6.45) is 1.19. The van der Waals surface area contributed by atoms with Crippen molar-refractivity contribution in [3.8, 4) is 0 Å². The lowest BCUT2D eigenvalue weighted by molar-refractivity contribution is 0.598. The Bertz CT molecular complexity index is 528. The van der Waals surface area contributed by atoms with Gasteiger partial charge in [-0.2, -0.15) is 0 Å². The molecule has 94 valence electrons. The molecule has 1 aromatic carbocycles. The molecule has 0 saturated heterocycles. The molecule has 1 aliphatic carbocycles. The number of anilines is 2. The molecule has 1 fully saturated rings. The van der Waals surface area contributed by atoms with Crippen LogP contribution in [-0.2, 0) is 10.0 Å². The van der Waals surface area contributed by atoms with Crippen LogP contribution in [0.1, 0.15) is 13.3 Å². The van der Waals surface area contributed by atoms with Crippen molar-refractivity contribution in [2.24, 2.45) is 17.0 Å². The fourth-order valence-corrected chi connectivity index (χ4v) is 2.59. The lowest BCUT2D eigenvalue weighted by Gasteiger charge is -2.11. The molecule has 1 aromatic rings. The maximum atomic E-state index is 11.4. The zero-order valence-corrected chi connectivity index (χ0v) is 10.5. The zero-order valence-electron chi connectivity index (χ0n) is 9.68. The molecule has 2 unspecified atom stereocenters. The third kappa shape index (κ3) is 2.89. The van der Waals surface area contributed by atoms with E-state index in [1.54, 1.807) is 12.1 Å². The van der Waals surface area contributed by atoms with E-state index >= 15 is 0 Å². The smallest absolute Gasteiger partial charge is 0.240 e. The van der Waals surface area contributed by atoms with Crippen molar-refractivity contribution in [3.05, 3.63) is 18.2 Å². The standard InChI is InChI=1S/C11H17N3O2S/c1-7-4-8(7)6-14-10-3-2-9(12)5-11(10)17(13,15)16/h2-3,5,7-8,14H,4,6,12H2,1H3,(H2,13,15,16). The van der Waals surface area contributed by atoms with Crippen molar-refractivity contribution < 1.29 is 8.42 Å². The number of nitrogen functional groups attached to an aromatic ring is 1. The maximum Gasteiger partial charge on any atom is 0.240 e. The average Bonchev–Trinajstić information content (AvgIpc) is 2.91. The van der Waals surface area contributed by atoms with E-state index in [4.69, 9.17) is 10.9 Å². The van der Waals surface area contributed by atoms with Crippen molar-refractivity contribution in [3.63, 3.8) is 0 Å². The molecular weight excluding hydrogens is 238 g/mol. The third-order valence-electron chi connectivity index (χ3n) is 3.14. The minimum Gasteiger partial charge on any atom is -0.399 e. The highest BCUT2D eigenvalue weighted by Crippen LogP contribution is 2.38. The summed E-state index contributed by atoms with van der Waals surface area (Å²) in [6.45, 7) is 2.95. The van der Waals surface area contributed by atoms with Gasteiger partial charge in [0, 0.05) is 12.2 Å². The van der Waals surface area contributed by atoms with Gasteiger partial charge in [0.1, 0.15) is 4.90 Å². The summed E-state index contributed by atoms with van der Waals surface area (Å²) in [7, 11) is -3.74. The second-order valence-corrected chi connectivity index (χ2v) is 6.18. The van der Waals surface area contributed by atoms with Gasteiger partial charge in [-0.25, -0.2) is 13.6 Å². The van der Waals surface area contributed by atoms with E-state index in [2.05, 4.69) is 12.2 Å². The molecule has 1 aliphatic rings. The molecule has 5 N–H and O–H groups in total. The van der Waals surface area contributed by atoms with Crippen LogP contribution in [0.5, 0.6) is 0 Å². The van der Waals surface area contributed by atoms with Crippen molar-refractivity contribution >= 4 is 21.4 Å². The van der Waals surface area contributed by atoms with E-state index in [-0.39, 0.29) is 4.90 Å². The van der Waals surface area contributed by atoms with E-state index in [1.807, 2.05) is 0 Å². The topological polar surface area (TPSA) is 98.2 Å². The van der Waals surface area contributed by atoms with Crippen LogP contribution in [0.2, 0.25) is 0 Å². The summed E-state index contributed by atoms with van der Waals surface area (Å²) in [5, 5.41) is 8.28. The predicted octanol–water partition coefficient (Wildman–Crippen LogP) is 0.984. The Morgan fingerprint density at radius 2 is 2.12 bits per heavy atom. The van der Waals surface area contributed by atoms with Crippen LogP contribution in [-0.4, -0.2) is 15.0 Å². The number of nitrogens with two attached hydrogens (primary N) is 2. The zero-order chi connectivity index (χ0) is 12.6. The van der Waals surface area contributed by atoms with Gasteiger partial charge in [-0.15, -0.1) is 0 Å².